The molecule has 1 saturated heterocycles. The first-order valence-electron chi connectivity index (χ1n) is 6.14. The summed E-state index contributed by atoms with van der Waals surface area (Å²) in [5, 5.41) is 3.36. The summed E-state index contributed by atoms with van der Waals surface area (Å²) in [4.78, 5) is 11.5. The first-order valence-corrected chi connectivity index (χ1v) is 6.14. The number of rotatable bonds is 3. The van der Waals surface area contributed by atoms with Crippen LogP contribution in [0.2, 0.25) is 0 Å². The minimum atomic E-state index is 0.102. The van der Waals surface area contributed by atoms with Gasteiger partial charge in [-0.05, 0) is 24.7 Å². The predicted octanol–water partition coefficient (Wildman–Crippen LogP) is 2.03. The number of nitrogens with one attached hydrogen (secondary N) is 1. The van der Waals surface area contributed by atoms with Crippen LogP contribution in [-0.2, 0) is 9.53 Å². The highest BCUT2D eigenvalue weighted by molar-refractivity contribution is 5.91. The summed E-state index contributed by atoms with van der Waals surface area (Å²) in [7, 11) is 0. The van der Waals surface area contributed by atoms with E-state index in [2.05, 4.69) is 19.2 Å². The lowest BCUT2D eigenvalue weighted by atomic mass is 9.79. The second kappa shape index (κ2) is 4.58. The first kappa shape index (κ1) is 11.6. The molecule has 3 heteroatoms. The Hall–Kier alpha value is -0.830. The van der Waals surface area contributed by atoms with Gasteiger partial charge in [0, 0.05) is 31.3 Å². The first-order chi connectivity index (χ1) is 7.55. The van der Waals surface area contributed by atoms with E-state index < -0.39 is 0 Å². The molecular weight excluding hydrogens is 202 g/mol. The Morgan fingerprint density at radius 2 is 2.31 bits per heavy atom. The van der Waals surface area contributed by atoms with Crippen LogP contribution in [0, 0.1) is 5.41 Å². The number of carbonyl (C=O) groups excluding carboxylic acids is 1. The van der Waals surface area contributed by atoms with E-state index in [0.717, 1.165) is 38.1 Å². The molecule has 1 N–H and O–H groups in total. The molecule has 0 amide bonds. The molecule has 0 aromatic heterocycles. The highest BCUT2D eigenvalue weighted by atomic mass is 16.5. The van der Waals surface area contributed by atoms with Crippen molar-refractivity contribution in [1.82, 2.24) is 5.32 Å². The highest BCUT2D eigenvalue weighted by Crippen LogP contribution is 2.32. The van der Waals surface area contributed by atoms with Crippen molar-refractivity contribution in [2.75, 3.05) is 13.2 Å². The average Bonchev–Trinajstić information content (AvgIpc) is 2.63. The molecule has 1 aliphatic heterocycles. The molecule has 0 saturated carbocycles. The van der Waals surface area contributed by atoms with Crippen molar-refractivity contribution in [2.45, 2.75) is 45.6 Å². The SMILES string of the molecule is CC1(C)CC(=O)C=C(NC[C@H]2CCCO2)C1. The molecule has 0 bridgehead atoms. The lowest BCUT2D eigenvalue weighted by Gasteiger charge is -2.29. The molecule has 3 nitrogen and oxygen atoms in total. The van der Waals surface area contributed by atoms with Gasteiger partial charge in [-0.25, -0.2) is 0 Å². The normalized spacial score (nSPS) is 29.0. The molecule has 2 rings (SSSR count). The van der Waals surface area contributed by atoms with Crippen LogP contribution in [0.3, 0.4) is 0 Å². The van der Waals surface area contributed by atoms with Gasteiger partial charge in [0.2, 0.25) is 0 Å². The van der Waals surface area contributed by atoms with Crippen molar-refractivity contribution in [3.8, 4) is 0 Å². The fourth-order valence-corrected chi connectivity index (χ4v) is 2.51. The van der Waals surface area contributed by atoms with Crippen molar-refractivity contribution < 1.29 is 9.53 Å². The number of hydrogen-bond donors (Lipinski definition) is 1. The minimum Gasteiger partial charge on any atom is -0.386 e. The Balaban J connectivity index is 1.86. The molecule has 0 aromatic rings. The van der Waals surface area contributed by atoms with Gasteiger partial charge in [0.25, 0.3) is 0 Å². The van der Waals surface area contributed by atoms with Gasteiger partial charge in [-0.1, -0.05) is 13.8 Å². The standard InChI is InChI=1S/C13H21NO2/c1-13(2)7-10(6-11(15)8-13)14-9-12-4-3-5-16-12/h6,12,14H,3-5,7-9H2,1-2H3/t12-/m1/s1. The van der Waals surface area contributed by atoms with Crippen LogP contribution in [0.5, 0.6) is 0 Å². The Labute approximate surface area is 97.2 Å². The predicted molar refractivity (Wildman–Crippen MR) is 63.1 cm³/mol. The maximum atomic E-state index is 11.5. The zero-order chi connectivity index (χ0) is 11.6. The van der Waals surface area contributed by atoms with Gasteiger partial charge >= 0.3 is 0 Å². The number of hydrogen-bond acceptors (Lipinski definition) is 3. The third-order valence-corrected chi connectivity index (χ3v) is 3.24. The van der Waals surface area contributed by atoms with E-state index in [-0.39, 0.29) is 11.2 Å². The van der Waals surface area contributed by atoms with Gasteiger partial charge in [0.15, 0.2) is 5.78 Å². The van der Waals surface area contributed by atoms with Crippen molar-refractivity contribution in [3.63, 3.8) is 0 Å². The fraction of sp³-hybridized carbons (Fsp3) is 0.769. The zero-order valence-corrected chi connectivity index (χ0v) is 10.2. The number of ether oxygens (including phenoxy) is 1. The second-order valence-corrected chi connectivity index (χ2v) is 5.67. The van der Waals surface area contributed by atoms with Gasteiger partial charge in [-0.3, -0.25) is 4.79 Å². The highest BCUT2D eigenvalue weighted by Gasteiger charge is 2.27. The minimum absolute atomic E-state index is 0.102. The molecule has 1 atom stereocenters. The summed E-state index contributed by atoms with van der Waals surface area (Å²) < 4.78 is 5.55. The molecule has 0 aromatic carbocycles. The Morgan fingerprint density at radius 3 is 2.94 bits per heavy atom. The van der Waals surface area contributed by atoms with Crippen LogP contribution >= 0.6 is 0 Å². The van der Waals surface area contributed by atoms with E-state index in [9.17, 15) is 4.79 Å². The zero-order valence-electron chi connectivity index (χ0n) is 10.2. The van der Waals surface area contributed by atoms with E-state index in [1.54, 1.807) is 6.08 Å². The van der Waals surface area contributed by atoms with Gasteiger partial charge < -0.3 is 10.1 Å². The van der Waals surface area contributed by atoms with Gasteiger partial charge in [-0.2, -0.15) is 0 Å². The Kier molecular flexibility index (Phi) is 3.33. The maximum absolute atomic E-state index is 11.5. The van der Waals surface area contributed by atoms with Crippen LogP contribution in [0.4, 0.5) is 0 Å². The molecule has 90 valence electrons. The molecule has 1 heterocycles. The Bertz CT molecular complexity index is 301. The van der Waals surface area contributed by atoms with Crippen molar-refractivity contribution in [3.05, 3.63) is 11.8 Å². The fourth-order valence-electron chi connectivity index (χ4n) is 2.51. The molecule has 1 fully saturated rings. The lowest BCUT2D eigenvalue weighted by Crippen LogP contribution is -2.32. The number of carbonyl (C=O) groups is 1. The van der Waals surface area contributed by atoms with Crippen molar-refractivity contribution >= 4 is 5.78 Å². The van der Waals surface area contributed by atoms with Crippen LogP contribution in [0.15, 0.2) is 11.8 Å². The van der Waals surface area contributed by atoms with E-state index in [1.807, 2.05) is 0 Å². The summed E-state index contributed by atoms with van der Waals surface area (Å²) in [6, 6.07) is 0. The summed E-state index contributed by atoms with van der Waals surface area (Å²) >= 11 is 0. The summed E-state index contributed by atoms with van der Waals surface area (Å²) in [5.41, 5.74) is 1.18. The average molecular weight is 223 g/mol. The lowest BCUT2D eigenvalue weighted by molar-refractivity contribution is -0.117. The quantitative estimate of drug-likeness (QED) is 0.795. The molecule has 2 aliphatic rings. The van der Waals surface area contributed by atoms with Crippen LogP contribution < -0.4 is 5.32 Å². The molecule has 0 unspecified atom stereocenters. The third kappa shape index (κ3) is 3.08. The van der Waals surface area contributed by atoms with Crippen LogP contribution in [0.25, 0.3) is 0 Å². The molecule has 0 radical (unpaired) electrons. The molecule has 1 aliphatic carbocycles. The smallest absolute Gasteiger partial charge is 0.157 e. The number of ketones is 1. The molecule has 16 heavy (non-hydrogen) atoms. The van der Waals surface area contributed by atoms with Gasteiger partial charge in [0.1, 0.15) is 0 Å². The molecular formula is C13H21NO2. The monoisotopic (exact) mass is 223 g/mol. The van der Waals surface area contributed by atoms with Gasteiger partial charge in [0.05, 0.1) is 6.10 Å². The largest absolute Gasteiger partial charge is 0.386 e. The molecule has 0 spiro atoms. The van der Waals surface area contributed by atoms with E-state index >= 15 is 0 Å². The van der Waals surface area contributed by atoms with E-state index in [0.29, 0.717) is 12.5 Å². The summed E-state index contributed by atoms with van der Waals surface area (Å²) in [6.45, 7) is 6.02. The van der Waals surface area contributed by atoms with Crippen LogP contribution in [0.1, 0.15) is 39.5 Å². The van der Waals surface area contributed by atoms with Crippen LogP contribution in [-0.4, -0.2) is 25.0 Å². The third-order valence-electron chi connectivity index (χ3n) is 3.24. The van der Waals surface area contributed by atoms with Gasteiger partial charge in [-0.15, -0.1) is 0 Å². The van der Waals surface area contributed by atoms with Crippen molar-refractivity contribution in [1.29, 1.82) is 0 Å². The van der Waals surface area contributed by atoms with E-state index in [1.165, 1.54) is 0 Å². The Morgan fingerprint density at radius 1 is 1.50 bits per heavy atom. The maximum Gasteiger partial charge on any atom is 0.157 e. The second-order valence-electron chi connectivity index (χ2n) is 5.67. The summed E-state index contributed by atoms with van der Waals surface area (Å²) in [5.74, 6) is 0.242. The summed E-state index contributed by atoms with van der Waals surface area (Å²) in [6.07, 6.45) is 6.03. The van der Waals surface area contributed by atoms with E-state index in [4.69, 9.17) is 4.74 Å². The van der Waals surface area contributed by atoms with Crippen molar-refractivity contribution in [2.24, 2.45) is 5.41 Å². The topological polar surface area (TPSA) is 38.3 Å². The number of allylic oxidation sites excluding steroid dienone is 2.